The van der Waals surface area contributed by atoms with Crippen molar-refractivity contribution in [1.29, 1.82) is 0 Å². The van der Waals surface area contributed by atoms with E-state index in [0.29, 0.717) is 0 Å². The van der Waals surface area contributed by atoms with Gasteiger partial charge in [-0.25, -0.2) is 0 Å². The van der Waals surface area contributed by atoms with Crippen LogP contribution in [0.4, 0.5) is 0 Å². The Morgan fingerprint density at radius 1 is 1.05 bits per heavy atom. The molecule has 1 unspecified atom stereocenters. The van der Waals surface area contributed by atoms with Crippen LogP contribution >= 0.6 is 0 Å². The molecule has 0 amide bonds. The van der Waals surface area contributed by atoms with Gasteiger partial charge < -0.3 is 5.73 Å². The molecule has 2 heteroatoms. The molecular weight excluding hydrogens is 244 g/mol. The summed E-state index contributed by atoms with van der Waals surface area (Å²) in [4.78, 5) is 4.19. The van der Waals surface area contributed by atoms with Gasteiger partial charge in [-0.2, -0.15) is 0 Å². The molecular formula is C18H24N2. The van der Waals surface area contributed by atoms with Crippen molar-refractivity contribution in [2.45, 2.75) is 44.6 Å². The fourth-order valence-electron chi connectivity index (χ4n) is 3.13. The third-order valence-electron chi connectivity index (χ3n) is 4.50. The lowest BCUT2D eigenvalue weighted by Crippen LogP contribution is -2.46. The molecule has 2 N–H and O–H groups in total. The molecule has 0 spiro atoms. The summed E-state index contributed by atoms with van der Waals surface area (Å²) in [7, 11) is 0. The standard InChI is InChI=1S/C18H24N2/c1-3-18(4-2,16-10-6-5-7-11-16)17(19)13-15-9-8-12-20-14-15/h5-12,14,17H,3-4,13,19H2,1-2H3. The van der Waals surface area contributed by atoms with Gasteiger partial charge in [-0.15, -0.1) is 0 Å². The first kappa shape index (κ1) is 14.7. The van der Waals surface area contributed by atoms with Gasteiger partial charge in [0.15, 0.2) is 0 Å². The normalized spacial score (nSPS) is 13.2. The van der Waals surface area contributed by atoms with Gasteiger partial charge in [-0.1, -0.05) is 50.2 Å². The maximum atomic E-state index is 6.61. The average molecular weight is 268 g/mol. The van der Waals surface area contributed by atoms with Crippen LogP contribution in [0.2, 0.25) is 0 Å². The van der Waals surface area contributed by atoms with Crippen molar-refractivity contribution in [2.75, 3.05) is 0 Å². The average Bonchev–Trinajstić information content (AvgIpc) is 2.51. The lowest BCUT2D eigenvalue weighted by atomic mass is 9.69. The van der Waals surface area contributed by atoms with Crippen molar-refractivity contribution >= 4 is 0 Å². The fourth-order valence-corrected chi connectivity index (χ4v) is 3.13. The van der Waals surface area contributed by atoms with E-state index in [4.69, 9.17) is 5.73 Å². The van der Waals surface area contributed by atoms with Crippen molar-refractivity contribution in [3.8, 4) is 0 Å². The molecule has 0 aliphatic carbocycles. The summed E-state index contributed by atoms with van der Waals surface area (Å²) in [5.74, 6) is 0. The maximum Gasteiger partial charge on any atom is 0.0300 e. The first-order valence-electron chi connectivity index (χ1n) is 7.43. The van der Waals surface area contributed by atoms with Crippen molar-refractivity contribution < 1.29 is 0 Å². The molecule has 0 saturated heterocycles. The summed E-state index contributed by atoms with van der Waals surface area (Å²) in [6.07, 6.45) is 6.69. The highest BCUT2D eigenvalue weighted by Crippen LogP contribution is 2.35. The predicted octanol–water partition coefficient (Wildman–Crippen LogP) is 3.71. The third-order valence-corrected chi connectivity index (χ3v) is 4.50. The zero-order valence-corrected chi connectivity index (χ0v) is 12.4. The molecule has 0 bridgehead atoms. The number of rotatable bonds is 6. The summed E-state index contributed by atoms with van der Waals surface area (Å²) < 4.78 is 0. The molecule has 106 valence electrons. The van der Waals surface area contributed by atoms with E-state index in [-0.39, 0.29) is 11.5 Å². The topological polar surface area (TPSA) is 38.9 Å². The molecule has 1 aromatic carbocycles. The SMILES string of the molecule is CCC(CC)(c1ccccc1)C(N)Cc1cccnc1. The minimum absolute atomic E-state index is 0.0388. The minimum Gasteiger partial charge on any atom is -0.327 e. The molecule has 1 heterocycles. The Bertz CT molecular complexity index is 503. The summed E-state index contributed by atoms with van der Waals surface area (Å²) in [6.45, 7) is 4.47. The van der Waals surface area contributed by atoms with E-state index in [1.807, 2.05) is 12.3 Å². The monoisotopic (exact) mass is 268 g/mol. The summed E-state index contributed by atoms with van der Waals surface area (Å²) in [6, 6.07) is 14.9. The molecule has 0 saturated carbocycles. The number of aromatic nitrogens is 1. The van der Waals surface area contributed by atoms with Crippen LogP contribution in [0.3, 0.4) is 0 Å². The van der Waals surface area contributed by atoms with Crippen molar-refractivity contribution in [1.82, 2.24) is 4.98 Å². The molecule has 20 heavy (non-hydrogen) atoms. The molecule has 2 nitrogen and oxygen atoms in total. The largest absolute Gasteiger partial charge is 0.327 e. The molecule has 2 rings (SSSR count). The van der Waals surface area contributed by atoms with E-state index < -0.39 is 0 Å². The van der Waals surface area contributed by atoms with E-state index in [1.165, 1.54) is 11.1 Å². The third kappa shape index (κ3) is 2.91. The second-order valence-electron chi connectivity index (χ2n) is 5.40. The van der Waals surface area contributed by atoms with Crippen molar-refractivity contribution in [3.05, 3.63) is 66.0 Å². The van der Waals surface area contributed by atoms with Crippen molar-refractivity contribution in [2.24, 2.45) is 5.73 Å². The highest BCUT2D eigenvalue weighted by molar-refractivity contribution is 5.28. The van der Waals surface area contributed by atoms with Crippen molar-refractivity contribution in [3.63, 3.8) is 0 Å². The van der Waals surface area contributed by atoms with E-state index in [9.17, 15) is 0 Å². The summed E-state index contributed by atoms with van der Waals surface area (Å²) in [5.41, 5.74) is 9.21. The number of hydrogen-bond donors (Lipinski definition) is 1. The van der Waals surface area contributed by atoms with Crippen LogP contribution in [0, 0.1) is 0 Å². The van der Waals surface area contributed by atoms with Crippen LogP contribution in [-0.4, -0.2) is 11.0 Å². The summed E-state index contributed by atoms with van der Waals surface area (Å²) in [5, 5.41) is 0. The Kier molecular flexibility index (Phi) is 4.91. The van der Waals surface area contributed by atoms with Gasteiger partial charge in [0.05, 0.1) is 0 Å². The fraction of sp³-hybridized carbons (Fsp3) is 0.389. The molecule has 0 fully saturated rings. The molecule has 0 radical (unpaired) electrons. The maximum absolute atomic E-state index is 6.61. The predicted molar refractivity (Wildman–Crippen MR) is 84.6 cm³/mol. The van der Waals surface area contributed by atoms with E-state index in [2.05, 4.69) is 55.2 Å². The number of nitrogens with zero attached hydrogens (tertiary/aromatic N) is 1. The van der Waals surface area contributed by atoms with Crippen LogP contribution in [0.5, 0.6) is 0 Å². The highest BCUT2D eigenvalue weighted by Gasteiger charge is 2.34. The highest BCUT2D eigenvalue weighted by atomic mass is 14.7. The van der Waals surface area contributed by atoms with Crippen LogP contribution in [-0.2, 0) is 11.8 Å². The number of nitrogens with two attached hydrogens (primary N) is 1. The van der Waals surface area contributed by atoms with Crippen LogP contribution in [0.1, 0.15) is 37.8 Å². The second-order valence-corrected chi connectivity index (χ2v) is 5.40. The van der Waals surface area contributed by atoms with Crippen LogP contribution in [0.15, 0.2) is 54.9 Å². The Morgan fingerprint density at radius 2 is 1.75 bits per heavy atom. The molecule has 1 aromatic heterocycles. The lowest BCUT2D eigenvalue weighted by molar-refractivity contribution is 0.315. The van der Waals surface area contributed by atoms with Gasteiger partial charge >= 0.3 is 0 Å². The molecule has 0 aliphatic heterocycles. The number of pyridine rings is 1. The van der Waals surface area contributed by atoms with Gasteiger partial charge in [0, 0.05) is 23.9 Å². The van der Waals surface area contributed by atoms with Crippen LogP contribution in [0.25, 0.3) is 0 Å². The number of hydrogen-bond acceptors (Lipinski definition) is 2. The Labute approximate surface area is 122 Å². The molecule has 2 aromatic rings. The molecule has 1 atom stereocenters. The first-order valence-corrected chi connectivity index (χ1v) is 7.43. The van der Waals surface area contributed by atoms with Crippen LogP contribution < -0.4 is 5.73 Å². The minimum atomic E-state index is 0.0388. The Hall–Kier alpha value is -1.67. The van der Waals surface area contributed by atoms with Gasteiger partial charge in [-0.05, 0) is 36.5 Å². The number of benzene rings is 1. The van der Waals surface area contributed by atoms with Gasteiger partial charge in [-0.3, -0.25) is 4.98 Å². The zero-order chi connectivity index (χ0) is 14.4. The van der Waals surface area contributed by atoms with Gasteiger partial charge in [0.25, 0.3) is 0 Å². The quantitative estimate of drug-likeness (QED) is 0.867. The van der Waals surface area contributed by atoms with E-state index in [1.54, 1.807) is 6.20 Å². The summed E-state index contributed by atoms with van der Waals surface area (Å²) >= 11 is 0. The van der Waals surface area contributed by atoms with Gasteiger partial charge in [0.2, 0.25) is 0 Å². The first-order chi connectivity index (χ1) is 9.73. The van der Waals surface area contributed by atoms with E-state index >= 15 is 0 Å². The van der Waals surface area contributed by atoms with E-state index in [0.717, 1.165) is 19.3 Å². The lowest BCUT2D eigenvalue weighted by Gasteiger charge is -2.38. The Balaban J connectivity index is 2.28. The zero-order valence-electron chi connectivity index (χ0n) is 12.4. The smallest absolute Gasteiger partial charge is 0.0300 e. The molecule has 0 aliphatic rings. The van der Waals surface area contributed by atoms with Gasteiger partial charge in [0.1, 0.15) is 0 Å². The Morgan fingerprint density at radius 3 is 2.30 bits per heavy atom. The second kappa shape index (κ2) is 6.67.